The third-order valence-electron chi connectivity index (χ3n) is 13.0. The number of hydrogen-bond donors (Lipinski definition) is 0. The van der Waals surface area contributed by atoms with E-state index in [2.05, 4.69) is 136 Å². The molecular formula is C69H116O5. The van der Waals surface area contributed by atoms with Crippen LogP contribution in [-0.2, 0) is 23.8 Å². The van der Waals surface area contributed by atoms with E-state index in [1.54, 1.807) is 0 Å². The van der Waals surface area contributed by atoms with Gasteiger partial charge in [0, 0.05) is 19.4 Å². The highest BCUT2D eigenvalue weighted by atomic mass is 16.6. The van der Waals surface area contributed by atoms with Crippen molar-refractivity contribution < 1.29 is 23.8 Å². The molecule has 5 nitrogen and oxygen atoms in total. The van der Waals surface area contributed by atoms with Crippen LogP contribution in [0.5, 0.6) is 0 Å². The third kappa shape index (κ3) is 60.9. The van der Waals surface area contributed by atoms with Crippen LogP contribution in [-0.4, -0.2) is 37.9 Å². The molecule has 0 bridgehead atoms. The van der Waals surface area contributed by atoms with Crippen molar-refractivity contribution in [2.24, 2.45) is 0 Å². The first-order valence-electron chi connectivity index (χ1n) is 31.1. The first kappa shape index (κ1) is 70.3. The van der Waals surface area contributed by atoms with E-state index >= 15 is 0 Å². The number of unbranched alkanes of at least 4 members (excludes halogenated alkanes) is 25. The second-order valence-electron chi connectivity index (χ2n) is 20.2. The SMILES string of the molecule is CC/C=C\C/C=C\C/C=C\C/C=C\C/C=C\C/C=C\CCC(=O)OCC(COCCCCCCCCC/C=C\C/C=C\C/C=C\CCCCC)OC(=O)CCCCCCCCCCC/C=C\CCCCCCCC. The molecule has 0 saturated heterocycles. The fourth-order valence-corrected chi connectivity index (χ4v) is 8.36. The average Bonchev–Trinajstić information content (AvgIpc) is 3.40. The summed E-state index contributed by atoms with van der Waals surface area (Å²) in [6.45, 7) is 7.59. The smallest absolute Gasteiger partial charge is 0.306 e. The molecule has 0 N–H and O–H groups in total. The molecule has 0 aliphatic carbocycles. The fourth-order valence-electron chi connectivity index (χ4n) is 8.36. The van der Waals surface area contributed by atoms with Crippen LogP contribution in [0.1, 0.15) is 278 Å². The van der Waals surface area contributed by atoms with Gasteiger partial charge in [0.2, 0.25) is 0 Å². The number of allylic oxidation sites excluding steroid dienone is 20. The zero-order valence-corrected chi connectivity index (χ0v) is 48.6. The minimum absolute atomic E-state index is 0.0343. The lowest BCUT2D eigenvalue weighted by Crippen LogP contribution is -2.30. The van der Waals surface area contributed by atoms with Crippen molar-refractivity contribution in [3.8, 4) is 0 Å². The number of ether oxygens (including phenoxy) is 3. The van der Waals surface area contributed by atoms with Crippen molar-refractivity contribution in [1.29, 1.82) is 0 Å². The summed E-state index contributed by atoms with van der Waals surface area (Å²) in [5.41, 5.74) is 0. The monoisotopic (exact) mass is 1020 g/mol. The fraction of sp³-hybridized carbons (Fsp3) is 0.681. The Balaban J connectivity index is 4.43. The molecule has 5 heteroatoms. The van der Waals surface area contributed by atoms with Crippen molar-refractivity contribution in [2.45, 2.75) is 284 Å². The zero-order chi connectivity index (χ0) is 53.4. The Morgan fingerprint density at radius 2 is 0.635 bits per heavy atom. The lowest BCUT2D eigenvalue weighted by Gasteiger charge is -2.18. The van der Waals surface area contributed by atoms with Gasteiger partial charge in [-0.25, -0.2) is 0 Å². The summed E-state index contributed by atoms with van der Waals surface area (Å²) in [6, 6.07) is 0. The molecule has 0 spiro atoms. The van der Waals surface area contributed by atoms with E-state index in [1.165, 1.54) is 154 Å². The number of carbonyl (C=O) groups excluding carboxylic acids is 2. The van der Waals surface area contributed by atoms with Crippen LogP contribution in [0.25, 0.3) is 0 Å². The molecule has 0 aromatic carbocycles. The van der Waals surface area contributed by atoms with Gasteiger partial charge in [0.05, 0.1) is 6.61 Å². The van der Waals surface area contributed by atoms with E-state index in [9.17, 15) is 9.59 Å². The Morgan fingerprint density at radius 1 is 0.311 bits per heavy atom. The van der Waals surface area contributed by atoms with E-state index in [0.29, 0.717) is 25.9 Å². The first-order chi connectivity index (χ1) is 36.6. The average molecular weight is 1030 g/mol. The third-order valence-corrected chi connectivity index (χ3v) is 13.0. The highest BCUT2D eigenvalue weighted by molar-refractivity contribution is 5.70. The predicted octanol–water partition coefficient (Wildman–Crippen LogP) is 21.7. The summed E-state index contributed by atoms with van der Waals surface area (Å²) in [5, 5.41) is 0. The van der Waals surface area contributed by atoms with E-state index in [4.69, 9.17) is 14.2 Å². The van der Waals surface area contributed by atoms with Crippen molar-refractivity contribution in [2.75, 3.05) is 19.8 Å². The molecule has 0 aromatic heterocycles. The molecular weight excluding hydrogens is 909 g/mol. The zero-order valence-electron chi connectivity index (χ0n) is 48.6. The number of esters is 2. The van der Waals surface area contributed by atoms with Gasteiger partial charge in [0.1, 0.15) is 6.61 Å². The molecule has 422 valence electrons. The van der Waals surface area contributed by atoms with Gasteiger partial charge in [-0.1, -0.05) is 264 Å². The molecule has 0 amide bonds. The molecule has 74 heavy (non-hydrogen) atoms. The summed E-state index contributed by atoms with van der Waals surface area (Å²) in [7, 11) is 0. The van der Waals surface area contributed by atoms with Crippen LogP contribution < -0.4 is 0 Å². The second kappa shape index (κ2) is 63.6. The van der Waals surface area contributed by atoms with Gasteiger partial charge in [0.25, 0.3) is 0 Å². The Morgan fingerprint density at radius 3 is 1.07 bits per heavy atom. The Hall–Kier alpha value is -3.70. The number of hydrogen-bond acceptors (Lipinski definition) is 5. The summed E-state index contributed by atoms with van der Waals surface area (Å²) < 4.78 is 17.4. The molecule has 0 radical (unpaired) electrons. The molecule has 0 saturated carbocycles. The minimum atomic E-state index is -0.583. The number of carbonyl (C=O) groups is 2. The summed E-state index contributed by atoms with van der Waals surface area (Å²) in [4.78, 5) is 25.6. The standard InChI is InChI=1S/C69H116O5/c1-4-7-10-13-16-19-22-25-28-31-34-37-40-43-46-49-52-55-58-61-64-72-65-67(74-69(71)63-60-57-54-51-48-45-42-39-36-33-30-27-24-21-18-15-12-9-6-3)66-73-68(70)62-59-56-53-50-47-44-41-38-35-32-29-26-23-20-17-14-11-8-5-2/h8,11,16-17,19-20,25-30,34-35,37-38,44,47,53,56,67H,4-7,9-10,12-15,18,21-24,31-33,36,39-43,45-46,48-52,54-55,57-66H2,1-3H3/b11-8-,19-16-,20-17-,28-25-,29-26-,30-27-,37-34-,38-35-,47-44-,56-53-. The van der Waals surface area contributed by atoms with Gasteiger partial charge in [-0.3, -0.25) is 9.59 Å². The Labute approximate surface area is 458 Å². The van der Waals surface area contributed by atoms with Gasteiger partial charge in [-0.05, 0) is 122 Å². The molecule has 1 unspecified atom stereocenters. The lowest BCUT2D eigenvalue weighted by atomic mass is 10.1. The molecule has 1 atom stereocenters. The van der Waals surface area contributed by atoms with Gasteiger partial charge in [0.15, 0.2) is 6.10 Å². The minimum Gasteiger partial charge on any atom is -0.462 e. The van der Waals surface area contributed by atoms with Crippen molar-refractivity contribution >= 4 is 11.9 Å². The summed E-state index contributed by atoms with van der Waals surface area (Å²) in [6.07, 6.45) is 89.5. The van der Waals surface area contributed by atoms with Crippen LogP contribution >= 0.6 is 0 Å². The molecule has 0 aliphatic heterocycles. The van der Waals surface area contributed by atoms with Crippen molar-refractivity contribution in [1.82, 2.24) is 0 Å². The van der Waals surface area contributed by atoms with E-state index in [1.807, 2.05) is 6.08 Å². The maximum Gasteiger partial charge on any atom is 0.306 e. The maximum atomic E-state index is 12.9. The Kier molecular flexibility index (Phi) is 60.4. The highest BCUT2D eigenvalue weighted by Crippen LogP contribution is 2.15. The van der Waals surface area contributed by atoms with Gasteiger partial charge in [-0.2, -0.15) is 0 Å². The van der Waals surface area contributed by atoms with Gasteiger partial charge < -0.3 is 14.2 Å². The largest absolute Gasteiger partial charge is 0.462 e. The van der Waals surface area contributed by atoms with E-state index in [-0.39, 0.29) is 25.2 Å². The van der Waals surface area contributed by atoms with Crippen LogP contribution in [0.2, 0.25) is 0 Å². The van der Waals surface area contributed by atoms with Gasteiger partial charge >= 0.3 is 11.9 Å². The Bertz CT molecular complexity index is 1490. The van der Waals surface area contributed by atoms with E-state index < -0.39 is 6.10 Å². The number of rotatable bonds is 56. The van der Waals surface area contributed by atoms with Gasteiger partial charge in [-0.15, -0.1) is 0 Å². The normalized spacial score (nSPS) is 13.1. The summed E-state index contributed by atoms with van der Waals surface area (Å²) >= 11 is 0. The topological polar surface area (TPSA) is 61.8 Å². The van der Waals surface area contributed by atoms with Crippen LogP contribution in [0.3, 0.4) is 0 Å². The molecule has 0 fully saturated rings. The molecule has 0 heterocycles. The van der Waals surface area contributed by atoms with Crippen LogP contribution in [0.15, 0.2) is 122 Å². The quantitative estimate of drug-likeness (QED) is 0.0345. The molecule has 0 aromatic rings. The first-order valence-corrected chi connectivity index (χ1v) is 31.1. The van der Waals surface area contributed by atoms with Crippen molar-refractivity contribution in [3.05, 3.63) is 122 Å². The lowest BCUT2D eigenvalue weighted by molar-refractivity contribution is -0.162. The summed E-state index contributed by atoms with van der Waals surface area (Å²) in [5.74, 6) is -0.501. The second-order valence-corrected chi connectivity index (χ2v) is 20.2. The molecule has 0 aliphatic rings. The highest BCUT2D eigenvalue weighted by Gasteiger charge is 2.17. The van der Waals surface area contributed by atoms with E-state index in [0.717, 1.165) is 83.5 Å². The van der Waals surface area contributed by atoms with Crippen LogP contribution in [0, 0.1) is 0 Å². The predicted molar refractivity (Wildman–Crippen MR) is 325 cm³/mol. The molecule has 0 rings (SSSR count). The van der Waals surface area contributed by atoms with Crippen LogP contribution in [0.4, 0.5) is 0 Å². The van der Waals surface area contributed by atoms with Crippen molar-refractivity contribution in [3.63, 3.8) is 0 Å². The maximum absolute atomic E-state index is 12.9.